The van der Waals surface area contributed by atoms with Crippen LogP contribution in [0.25, 0.3) is 0 Å². The van der Waals surface area contributed by atoms with Crippen molar-refractivity contribution in [3.05, 3.63) is 12.4 Å². The number of ether oxygens (including phenoxy) is 1. The summed E-state index contributed by atoms with van der Waals surface area (Å²) >= 11 is 0. The van der Waals surface area contributed by atoms with Crippen LogP contribution < -0.4 is 10.5 Å². The number of rotatable bonds is 1. The van der Waals surface area contributed by atoms with Crippen molar-refractivity contribution >= 4 is 11.9 Å². The van der Waals surface area contributed by atoms with Crippen molar-refractivity contribution in [2.75, 3.05) is 5.73 Å². The summed E-state index contributed by atoms with van der Waals surface area (Å²) in [5.41, 5.74) is 5.19. The third-order valence-corrected chi connectivity index (χ3v) is 0.910. The predicted octanol–water partition coefficient (Wildman–Crippen LogP) is -0.0159. The Balaban J connectivity index is 2.74. The second-order valence-electron chi connectivity index (χ2n) is 1.87. The van der Waals surface area contributed by atoms with E-state index < -0.39 is 5.97 Å². The van der Waals surface area contributed by atoms with Gasteiger partial charge >= 0.3 is 5.97 Å². The van der Waals surface area contributed by atoms with Crippen LogP contribution in [0.15, 0.2) is 12.4 Å². The number of nitrogens with two attached hydrogens (primary N) is 1. The van der Waals surface area contributed by atoms with Gasteiger partial charge in [0.05, 0.1) is 12.4 Å². The standard InChI is InChI=1S/C6H7N3O2/c1-4(10)11-5-2-8-6(7)9-3-5/h2-3H,1H3,(H2,7,8,9). The quantitative estimate of drug-likeness (QED) is 0.574. The number of aromatic nitrogens is 2. The average molecular weight is 153 g/mol. The number of anilines is 1. The minimum atomic E-state index is -0.404. The smallest absolute Gasteiger partial charge is 0.308 e. The van der Waals surface area contributed by atoms with E-state index in [1.54, 1.807) is 0 Å². The van der Waals surface area contributed by atoms with Gasteiger partial charge in [0.15, 0.2) is 5.75 Å². The highest BCUT2D eigenvalue weighted by molar-refractivity contribution is 5.68. The summed E-state index contributed by atoms with van der Waals surface area (Å²) in [7, 11) is 0. The number of hydrogen-bond donors (Lipinski definition) is 1. The summed E-state index contributed by atoms with van der Waals surface area (Å²) in [5.74, 6) is 0.0472. The molecule has 0 aliphatic rings. The van der Waals surface area contributed by atoms with Crippen LogP contribution in [0.1, 0.15) is 6.92 Å². The molecule has 0 bridgehead atoms. The summed E-state index contributed by atoms with van der Waals surface area (Å²) in [5, 5.41) is 0. The number of carbonyl (C=O) groups is 1. The number of nitrogen functional groups attached to an aromatic ring is 1. The van der Waals surface area contributed by atoms with Gasteiger partial charge in [-0.15, -0.1) is 0 Å². The van der Waals surface area contributed by atoms with Crippen molar-refractivity contribution in [3.8, 4) is 5.75 Å². The van der Waals surface area contributed by atoms with Crippen LogP contribution in [0.2, 0.25) is 0 Å². The second-order valence-corrected chi connectivity index (χ2v) is 1.87. The zero-order chi connectivity index (χ0) is 8.27. The third kappa shape index (κ3) is 2.21. The van der Waals surface area contributed by atoms with Crippen molar-refractivity contribution < 1.29 is 9.53 Å². The maximum absolute atomic E-state index is 10.4. The normalized spacial score (nSPS) is 9.18. The Kier molecular flexibility index (Phi) is 2.00. The molecule has 5 nitrogen and oxygen atoms in total. The molecule has 0 saturated heterocycles. The molecule has 1 aromatic heterocycles. The maximum atomic E-state index is 10.4. The van der Waals surface area contributed by atoms with Gasteiger partial charge in [-0.2, -0.15) is 0 Å². The fraction of sp³-hybridized carbons (Fsp3) is 0.167. The van der Waals surface area contributed by atoms with E-state index >= 15 is 0 Å². The molecule has 5 heteroatoms. The number of esters is 1. The highest BCUT2D eigenvalue weighted by Crippen LogP contribution is 2.06. The van der Waals surface area contributed by atoms with Gasteiger partial charge in [0.25, 0.3) is 0 Å². The molecular weight excluding hydrogens is 146 g/mol. The van der Waals surface area contributed by atoms with E-state index in [0.717, 1.165) is 0 Å². The largest absolute Gasteiger partial charge is 0.423 e. The van der Waals surface area contributed by atoms with E-state index in [9.17, 15) is 4.79 Å². The van der Waals surface area contributed by atoms with Gasteiger partial charge in [-0.3, -0.25) is 4.79 Å². The van der Waals surface area contributed by atoms with Crippen molar-refractivity contribution in [3.63, 3.8) is 0 Å². The number of hydrogen-bond acceptors (Lipinski definition) is 5. The molecular formula is C6H7N3O2. The Morgan fingerprint density at radius 3 is 2.55 bits per heavy atom. The van der Waals surface area contributed by atoms with Crippen LogP contribution in [0, 0.1) is 0 Å². The first-order valence-corrected chi connectivity index (χ1v) is 2.94. The zero-order valence-electron chi connectivity index (χ0n) is 5.94. The molecule has 0 saturated carbocycles. The summed E-state index contributed by atoms with van der Waals surface area (Å²) < 4.78 is 4.65. The molecule has 58 valence electrons. The van der Waals surface area contributed by atoms with E-state index in [0.29, 0.717) is 5.75 Å². The van der Waals surface area contributed by atoms with Crippen molar-refractivity contribution in [1.82, 2.24) is 9.97 Å². The minimum absolute atomic E-state index is 0.154. The van der Waals surface area contributed by atoms with Crippen molar-refractivity contribution in [2.24, 2.45) is 0 Å². The summed E-state index contributed by atoms with van der Waals surface area (Å²) in [6, 6.07) is 0. The SMILES string of the molecule is CC(=O)Oc1cnc(N)nc1. The van der Waals surface area contributed by atoms with Gasteiger partial charge in [0.1, 0.15) is 0 Å². The van der Waals surface area contributed by atoms with Crippen LogP contribution in [0.3, 0.4) is 0 Å². The highest BCUT2D eigenvalue weighted by Gasteiger charge is 1.97. The molecule has 1 rings (SSSR count). The van der Waals surface area contributed by atoms with E-state index in [4.69, 9.17) is 5.73 Å². The van der Waals surface area contributed by atoms with E-state index in [1.165, 1.54) is 19.3 Å². The summed E-state index contributed by atoms with van der Waals surface area (Å²) in [6.07, 6.45) is 2.67. The minimum Gasteiger partial charge on any atom is -0.423 e. The first-order valence-electron chi connectivity index (χ1n) is 2.94. The van der Waals surface area contributed by atoms with Gasteiger partial charge in [-0.05, 0) is 0 Å². The number of nitrogens with zero attached hydrogens (tertiary/aromatic N) is 2. The maximum Gasteiger partial charge on any atom is 0.308 e. The van der Waals surface area contributed by atoms with E-state index in [-0.39, 0.29) is 5.95 Å². The summed E-state index contributed by atoms with van der Waals surface area (Å²) in [4.78, 5) is 17.6. The molecule has 0 aliphatic carbocycles. The van der Waals surface area contributed by atoms with Gasteiger partial charge < -0.3 is 10.5 Å². The molecule has 1 heterocycles. The molecule has 2 N–H and O–H groups in total. The van der Waals surface area contributed by atoms with Gasteiger partial charge in [0.2, 0.25) is 5.95 Å². The zero-order valence-corrected chi connectivity index (χ0v) is 5.94. The van der Waals surface area contributed by atoms with Crippen LogP contribution in [0.5, 0.6) is 5.75 Å². The lowest BCUT2D eigenvalue weighted by atomic mass is 10.6. The Morgan fingerprint density at radius 1 is 1.55 bits per heavy atom. The van der Waals surface area contributed by atoms with Crippen LogP contribution in [-0.2, 0) is 4.79 Å². The molecule has 0 aromatic carbocycles. The molecule has 0 amide bonds. The lowest BCUT2D eigenvalue weighted by Gasteiger charge is -1.97. The van der Waals surface area contributed by atoms with Crippen molar-refractivity contribution in [2.45, 2.75) is 6.92 Å². The molecule has 0 atom stereocenters. The molecule has 11 heavy (non-hydrogen) atoms. The van der Waals surface area contributed by atoms with Gasteiger partial charge in [-0.25, -0.2) is 9.97 Å². The Hall–Kier alpha value is -1.65. The fourth-order valence-corrected chi connectivity index (χ4v) is 0.545. The monoisotopic (exact) mass is 153 g/mol. The van der Waals surface area contributed by atoms with Crippen LogP contribution in [-0.4, -0.2) is 15.9 Å². The van der Waals surface area contributed by atoms with E-state index in [2.05, 4.69) is 14.7 Å². The second kappa shape index (κ2) is 2.96. The average Bonchev–Trinajstić information content (AvgIpc) is 1.93. The van der Waals surface area contributed by atoms with Gasteiger partial charge in [-0.1, -0.05) is 0 Å². The molecule has 0 spiro atoms. The van der Waals surface area contributed by atoms with E-state index in [1.807, 2.05) is 0 Å². The third-order valence-electron chi connectivity index (χ3n) is 0.910. The lowest BCUT2D eigenvalue weighted by Crippen LogP contribution is -2.03. The fourth-order valence-electron chi connectivity index (χ4n) is 0.545. The molecule has 0 radical (unpaired) electrons. The van der Waals surface area contributed by atoms with Gasteiger partial charge in [0, 0.05) is 6.92 Å². The highest BCUT2D eigenvalue weighted by atomic mass is 16.5. The lowest BCUT2D eigenvalue weighted by molar-refractivity contribution is -0.131. The van der Waals surface area contributed by atoms with Crippen LogP contribution >= 0.6 is 0 Å². The first-order chi connectivity index (χ1) is 5.18. The first kappa shape index (κ1) is 7.46. The predicted molar refractivity (Wildman–Crippen MR) is 37.8 cm³/mol. The van der Waals surface area contributed by atoms with Crippen LogP contribution in [0.4, 0.5) is 5.95 Å². The van der Waals surface area contributed by atoms with Crippen molar-refractivity contribution in [1.29, 1.82) is 0 Å². The molecule has 1 aromatic rings. The Morgan fingerprint density at radius 2 is 2.09 bits per heavy atom. The molecule has 0 fully saturated rings. The molecule has 0 unspecified atom stereocenters. The topological polar surface area (TPSA) is 78.1 Å². The molecule has 0 aliphatic heterocycles. The number of carbonyl (C=O) groups excluding carboxylic acids is 1. The Labute approximate surface area is 63.2 Å². The summed E-state index contributed by atoms with van der Waals surface area (Å²) in [6.45, 7) is 1.30. The Bertz CT molecular complexity index is 257.